The predicted octanol–water partition coefficient (Wildman–Crippen LogP) is 1.13. The zero-order valence-electron chi connectivity index (χ0n) is 11.0. The summed E-state index contributed by atoms with van der Waals surface area (Å²) >= 11 is 0. The highest BCUT2D eigenvalue weighted by molar-refractivity contribution is 5.86. The van der Waals surface area contributed by atoms with E-state index < -0.39 is 18.0 Å². The van der Waals surface area contributed by atoms with Crippen LogP contribution < -0.4 is 0 Å². The smallest absolute Gasteiger partial charge is 0.347 e. The van der Waals surface area contributed by atoms with Crippen LogP contribution in [0.5, 0.6) is 0 Å². The van der Waals surface area contributed by atoms with Crippen molar-refractivity contribution in [3.8, 4) is 0 Å². The van der Waals surface area contributed by atoms with E-state index in [0.29, 0.717) is 24.8 Å². The molecule has 1 aliphatic rings. The van der Waals surface area contributed by atoms with E-state index in [9.17, 15) is 14.4 Å². The van der Waals surface area contributed by atoms with Crippen LogP contribution in [-0.2, 0) is 28.6 Å². The first kappa shape index (κ1) is 15.2. The van der Waals surface area contributed by atoms with Gasteiger partial charge in [0.15, 0.2) is 6.10 Å². The molecule has 106 valence electrons. The van der Waals surface area contributed by atoms with E-state index in [1.165, 1.54) is 0 Å². The van der Waals surface area contributed by atoms with Crippen molar-refractivity contribution in [3.63, 3.8) is 0 Å². The Kier molecular flexibility index (Phi) is 6.05. The molecule has 0 aliphatic carbocycles. The molecule has 0 radical (unpaired) electrons. The molecular formula is C13H18O6. The molecule has 0 spiro atoms. The molecule has 0 amide bonds. The second-order valence-electron chi connectivity index (χ2n) is 4.31. The molecule has 1 aliphatic heterocycles. The molecule has 1 saturated heterocycles. The number of hydrogen-bond acceptors (Lipinski definition) is 6. The van der Waals surface area contributed by atoms with Crippen LogP contribution in [0.4, 0.5) is 0 Å². The van der Waals surface area contributed by atoms with Gasteiger partial charge in [0.25, 0.3) is 0 Å². The summed E-state index contributed by atoms with van der Waals surface area (Å²) in [7, 11) is 0. The van der Waals surface area contributed by atoms with Gasteiger partial charge in [-0.25, -0.2) is 9.59 Å². The maximum atomic E-state index is 11.4. The van der Waals surface area contributed by atoms with Crippen molar-refractivity contribution < 1.29 is 28.6 Å². The molecule has 1 rings (SSSR count). The van der Waals surface area contributed by atoms with E-state index in [4.69, 9.17) is 14.2 Å². The van der Waals surface area contributed by atoms with Gasteiger partial charge in [-0.15, -0.1) is 0 Å². The Morgan fingerprint density at radius 2 is 1.95 bits per heavy atom. The van der Waals surface area contributed by atoms with Crippen molar-refractivity contribution in [3.05, 3.63) is 12.2 Å². The van der Waals surface area contributed by atoms with Gasteiger partial charge < -0.3 is 14.2 Å². The van der Waals surface area contributed by atoms with Gasteiger partial charge in [-0.3, -0.25) is 4.79 Å². The van der Waals surface area contributed by atoms with Crippen LogP contribution in [0.15, 0.2) is 12.2 Å². The number of hydrogen-bond donors (Lipinski definition) is 0. The molecule has 0 aromatic heterocycles. The predicted molar refractivity (Wildman–Crippen MR) is 65.1 cm³/mol. The van der Waals surface area contributed by atoms with Crippen molar-refractivity contribution in [1.82, 2.24) is 0 Å². The summed E-state index contributed by atoms with van der Waals surface area (Å²) < 4.78 is 14.6. The van der Waals surface area contributed by atoms with Crippen molar-refractivity contribution >= 4 is 17.9 Å². The summed E-state index contributed by atoms with van der Waals surface area (Å²) in [6.45, 7) is 5.52. The van der Waals surface area contributed by atoms with Gasteiger partial charge in [-0.1, -0.05) is 6.58 Å². The molecule has 1 heterocycles. The number of carbonyl (C=O) groups is 3. The third kappa shape index (κ3) is 5.54. The van der Waals surface area contributed by atoms with Crippen LogP contribution in [0.1, 0.15) is 32.6 Å². The van der Waals surface area contributed by atoms with Crippen molar-refractivity contribution in [2.24, 2.45) is 0 Å². The molecule has 0 bridgehead atoms. The first-order valence-electron chi connectivity index (χ1n) is 6.19. The van der Waals surface area contributed by atoms with Gasteiger partial charge in [0.1, 0.15) is 0 Å². The second-order valence-corrected chi connectivity index (χ2v) is 4.31. The number of unbranched alkanes of at least 4 members (excludes halogenated alkanes) is 1. The molecular weight excluding hydrogens is 252 g/mol. The quantitative estimate of drug-likeness (QED) is 0.299. The molecule has 6 heteroatoms. The highest BCUT2D eigenvalue weighted by Gasteiger charge is 2.30. The SMILES string of the molecule is C=C(C)C(=O)OCCCCOC(=O)C1CCC(=O)O1. The zero-order valence-corrected chi connectivity index (χ0v) is 11.0. The number of ether oxygens (including phenoxy) is 3. The minimum Gasteiger partial charge on any atom is -0.463 e. The highest BCUT2D eigenvalue weighted by atomic mass is 16.6. The van der Waals surface area contributed by atoms with E-state index in [1.807, 2.05) is 0 Å². The van der Waals surface area contributed by atoms with Gasteiger partial charge >= 0.3 is 17.9 Å². The average Bonchev–Trinajstić information content (AvgIpc) is 2.79. The monoisotopic (exact) mass is 270 g/mol. The largest absolute Gasteiger partial charge is 0.463 e. The fourth-order valence-electron chi connectivity index (χ4n) is 1.45. The summed E-state index contributed by atoms with van der Waals surface area (Å²) in [6.07, 6.45) is 1.06. The van der Waals surface area contributed by atoms with Gasteiger partial charge in [0, 0.05) is 18.4 Å². The third-order valence-corrected chi connectivity index (χ3v) is 2.51. The van der Waals surface area contributed by atoms with Crippen LogP contribution in [-0.4, -0.2) is 37.2 Å². The normalized spacial score (nSPS) is 17.7. The fraction of sp³-hybridized carbons (Fsp3) is 0.615. The number of esters is 3. The van der Waals surface area contributed by atoms with Gasteiger partial charge in [0.05, 0.1) is 13.2 Å². The molecule has 19 heavy (non-hydrogen) atoms. The molecule has 1 fully saturated rings. The summed E-state index contributed by atoms with van der Waals surface area (Å²) in [6, 6.07) is 0. The van der Waals surface area contributed by atoms with Crippen molar-refractivity contribution in [2.45, 2.75) is 38.7 Å². The van der Waals surface area contributed by atoms with E-state index in [2.05, 4.69) is 6.58 Å². The Balaban J connectivity index is 2.02. The molecule has 0 aromatic rings. The maximum absolute atomic E-state index is 11.4. The topological polar surface area (TPSA) is 78.9 Å². The first-order chi connectivity index (χ1) is 9.00. The van der Waals surface area contributed by atoms with Gasteiger partial charge in [-0.2, -0.15) is 0 Å². The first-order valence-corrected chi connectivity index (χ1v) is 6.19. The fourth-order valence-corrected chi connectivity index (χ4v) is 1.45. The van der Waals surface area contributed by atoms with Crippen LogP contribution in [0.25, 0.3) is 0 Å². The Morgan fingerprint density at radius 3 is 2.47 bits per heavy atom. The number of carbonyl (C=O) groups excluding carboxylic acids is 3. The Bertz CT molecular complexity index is 373. The number of cyclic esters (lactones) is 1. The minimum atomic E-state index is -0.756. The molecule has 1 atom stereocenters. The van der Waals surface area contributed by atoms with Gasteiger partial charge in [0.2, 0.25) is 0 Å². The van der Waals surface area contributed by atoms with Crippen LogP contribution in [0.3, 0.4) is 0 Å². The molecule has 0 saturated carbocycles. The lowest BCUT2D eigenvalue weighted by Crippen LogP contribution is -2.23. The van der Waals surface area contributed by atoms with E-state index in [0.717, 1.165) is 0 Å². The minimum absolute atomic E-state index is 0.220. The summed E-state index contributed by atoms with van der Waals surface area (Å²) in [5.41, 5.74) is 0.356. The van der Waals surface area contributed by atoms with Crippen LogP contribution in [0, 0.1) is 0 Å². The van der Waals surface area contributed by atoms with Crippen molar-refractivity contribution in [2.75, 3.05) is 13.2 Å². The summed E-state index contributed by atoms with van der Waals surface area (Å²) in [5.74, 6) is -1.30. The molecule has 1 unspecified atom stereocenters. The van der Waals surface area contributed by atoms with E-state index >= 15 is 0 Å². The van der Waals surface area contributed by atoms with Crippen molar-refractivity contribution in [1.29, 1.82) is 0 Å². The summed E-state index contributed by atoms with van der Waals surface area (Å²) in [5, 5.41) is 0. The lowest BCUT2D eigenvalue weighted by molar-refractivity contribution is -0.161. The highest BCUT2D eigenvalue weighted by Crippen LogP contribution is 2.15. The average molecular weight is 270 g/mol. The second kappa shape index (κ2) is 7.56. The Morgan fingerprint density at radius 1 is 1.32 bits per heavy atom. The zero-order chi connectivity index (χ0) is 14.3. The van der Waals surface area contributed by atoms with Crippen LogP contribution in [0.2, 0.25) is 0 Å². The lowest BCUT2D eigenvalue weighted by atomic mass is 10.2. The Hall–Kier alpha value is -1.85. The third-order valence-electron chi connectivity index (χ3n) is 2.51. The molecule has 0 N–H and O–H groups in total. The molecule has 6 nitrogen and oxygen atoms in total. The van der Waals surface area contributed by atoms with E-state index in [-0.39, 0.29) is 25.6 Å². The Labute approximate surface area is 111 Å². The summed E-state index contributed by atoms with van der Waals surface area (Å²) in [4.78, 5) is 33.3. The van der Waals surface area contributed by atoms with Crippen LogP contribution >= 0.6 is 0 Å². The lowest BCUT2D eigenvalue weighted by Gasteiger charge is -2.09. The standard InChI is InChI=1S/C13H18O6/c1-9(2)12(15)17-7-3-4-8-18-13(16)10-5-6-11(14)19-10/h10H,1,3-8H2,2H3. The van der Waals surface area contributed by atoms with Gasteiger partial charge in [-0.05, 0) is 19.8 Å². The maximum Gasteiger partial charge on any atom is 0.347 e. The molecule has 0 aromatic carbocycles. The van der Waals surface area contributed by atoms with E-state index in [1.54, 1.807) is 6.92 Å². The number of rotatable bonds is 7.